The topological polar surface area (TPSA) is 71.3 Å². The molecule has 1 aromatic carbocycles. The molecule has 2 amide bonds. The lowest BCUT2D eigenvalue weighted by Crippen LogP contribution is -2.51. The highest BCUT2D eigenvalue weighted by atomic mass is 16.2. The lowest BCUT2D eigenvalue weighted by atomic mass is 9.78. The van der Waals surface area contributed by atoms with Gasteiger partial charge in [0.2, 0.25) is 5.91 Å². The molecule has 1 spiro atoms. The van der Waals surface area contributed by atoms with Gasteiger partial charge >= 0.3 is 0 Å². The Bertz CT molecular complexity index is 892. The number of benzene rings is 1. The second kappa shape index (κ2) is 6.72. The summed E-state index contributed by atoms with van der Waals surface area (Å²) in [6, 6.07) is 7.45. The summed E-state index contributed by atoms with van der Waals surface area (Å²) in [6.45, 7) is 2.94. The molecular weight excluding hydrogens is 354 g/mol. The maximum Gasteiger partial charge on any atom is 0.256 e. The van der Waals surface area contributed by atoms with Crippen LogP contribution in [0.2, 0.25) is 0 Å². The van der Waals surface area contributed by atoms with Crippen LogP contribution in [0.15, 0.2) is 36.9 Å². The van der Waals surface area contributed by atoms with Crippen molar-refractivity contribution in [1.29, 1.82) is 0 Å². The van der Waals surface area contributed by atoms with Gasteiger partial charge in [-0.25, -0.2) is 9.67 Å². The highest BCUT2D eigenvalue weighted by molar-refractivity contribution is 5.98. The van der Waals surface area contributed by atoms with Gasteiger partial charge in [-0.15, -0.1) is 0 Å². The summed E-state index contributed by atoms with van der Waals surface area (Å²) < 4.78 is 1.61. The van der Waals surface area contributed by atoms with Crippen molar-refractivity contribution in [3.8, 4) is 5.69 Å². The van der Waals surface area contributed by atoms with E-state index in [9.17, 15) is 9.59 Å². The zero-order valence-corrected chi connectivity index (χ0v) is 16.0. The van der Waals surface area contributed by atoms with Gasteiger partial charge in [0.25, 0.3) is 5.91 Å². The van der Waals surface area contributed by atoms with Crippen LogP contribution in [0.25, 0.3) is 5.69 Å². The van der Waals surface area contributed by atoms with Crippen molar-refractivity contribution in [2.24, 2.45) is 11.3 Å². The van der Waals surface area contributed by atoms with E-state index in [4.69, 9.17) is 0 Å². The Kier molecular flexibility index (Phi) is 4.18. The van der Waals surface area contributed by atoms with E-state index in [2.05, 4.69) is 15.0 Å². The third kappa shape index (κ3) is 2.99. The number of rotatable bonds is 4. The van der Waals surface area contributed by atoms with Crippen LogP contribution in [0.5, 0.6) is 0 Å². The Labute approximate surface area is 164 Å². The maximum absolute atomic E-state index is 13.3. The Hall–Kier alpha value is -2.70. The molecule has 1 saturated carbocycles. The van der Waals surface area contributed by atoms with E-state index in [0.29, 0.717) is 24.6 Å². The molecule has 2 aliphatic heterocycles. The molecule has 7 heteroatoms. The molecule has 146 valence electrons. The zero-order valence-electron chi connectivity index (χ0n) is 16.0. The second-order valence-corrected chi connectivity index (χ2v) is 8.41. The van der Waals surface area contributed by atoms with E-state index in [1.165, 1.54) is 19.2 Å². The molecule has 5 rings (SSSR count). The number of hydrogen-bond donors (Lipinski definition) is 0. The van der Waals surface area contributed by atoms with Crippen LogP contribution in [-0.2, 0) is 4.79 Å². The molecule has 3 aliphatic rings. The summed E-state index contributed by atoms with van der Waals surface area (Å²) in [5.74, 6) is 0.938. The van der Waals surface area contributed by atoms with Crippen LogP contribution in [0, 0.1) is 11.3 Å². The third-order valence-corrected chi connectivity index (χ3v) is 6.44. The molecule has 1 aromatic heterocycles. The summed E-state index contributed by atoms with van der Waals surface area (Å²) >= 11 is 0. The van der Waals surface area contributed by atoms with Gasteiger partial charge in [0.05, 0.1) is 16.7 Å². The average molecular weight is 379 g/mol. The quantitative estimate of drug-likeness (QED) is 0.816. The minimum Gasteiger partial charge on any atom is -0.342 e. The largest absolute Gasteiger partial charge is 0.342 e. The van der Waals surface area contributed by atoms with Crippen molar-refractivity contribution >= 4 is 11.8 Å². The fraction of sp³-hybridized carbons (Fsp3) is 0.524. The standard InChI is InChI=1S/C21H25N5O2/c27-19(17-4-1-2-5-18(17)26-15-22-14-23-26)25-11-9-21(13-25)8-3-10-24(20(21)28)12-16-6-7-16/h1-2,4-5,14-16H,3,6-13H2/t21-/m0/s1. The number of amides is 2. The van der Waals surface area contributed by atoms with Gasteiger partial charge in [0.1, 0.15) is 12.7 Å². The normalized spacial score (nSPS) is 24.9. The summed E-state index contributed by atoms with van der Waals surface area (Å²) in [4.78, 5) is 34.5. The maximum atomic E-state index is 13.3. The smallest absolute Gasteiger partial charge is 0.256 e. The minimum atomic E-state index is -0.384. The number of nitrogens with zero attached hydrogens (tertiary/aromatic N) is 5. The van der Waals surface area contributed by atoms with Crippen molar-refractivity contribution in [3.63, 3.8) is 0 Å². The van der Waals surface area contributed by atoms with Crippen LogP contribution in [-0.4, -0.2) is 62.6 Å². The summed E-state index contributed by atoms with van der Waals surface area (Å²) in [5.41, 5.74) is 0.935. The fourth-order valence-electron chi connectivity index (χ4n) is 4.72. The monoisotopic (exact) mass is 379 g/mol. The first-order chi connectivity index (χ1) is 13.7. The molecule has 1 atom stereocenters. The molecule has 2 saturated heterocycles. The number of piperidine rings is 1. The Balaban J connectivity index is 1.36. The lowest BCUT2D eigenvalue weighted by Gasteiger charge is -2.39. The van der Waals surface area contributed by atoms with Gasteiger partial charge in [-0.3, -0.25) is 9.59 Å². The molecule has 3 fully saturated rings. The molecule has 1 aliphatic carbocycles. The molecule has 2 aromatic rings. The zero-order chi connectivity index (χ0) is 19.1. The van der Waals surface area contributed by atoms with Gasteiger partial charge < -0.3 is 9.80 Å². The minimum absolute atomic E-state index is 0.0323. The summed E-state index contributed by atoms with van der Waals surface area (Å²) in [7, 11) is 0. The SMILES string of the molecule is O=C(c1ccccc1-n1cncn1)N1CC[C@@]2(CCCN(CC3CC3)C2=O)C1. The van der Waals surface area contributed by atoms with Crippen molar-refractivity contribution in [2.75, 3.05) is 26.2 Å². The second-order valence-electron chi connectivity index (χ2n) is 8.41. The first kappa shape index (κ1) is 17.4. The van der Waals surface area contributed by atoms with Gasteiger partial charge in [0.15, 0.2) is 0 Å². The molecule has 0 radical (unpaired) electrons. The molecule has 0 bridgehead atoms. The molecular formula is C21H25N5O2. The molecule has 7 nitrogen and oxygen atoms in total. The highest BCUT2D eigenvalue weighted by Gasteiger charge is 2.50. The van der Waals surface area contributed by atoms with Gasteiger partial charge in [-0.05, 0) is 50.2 Å². The average Bonchev–Trinajstić information content (AvgIpc) is 3.20. The summed E-state index contributed by atoms with van der Waals surface area (Å²) in [5, 5.41) is 4.17. The number of para-hydroxylation sites is 1. The van der Waals surface area contributed by atoms with Crippen molar-refractivity contribution in [2.45, 2.75) is 32.1 Å². The van der Waals surface area contributed by atoms with Crippen LogP contribution < -0.4 is 0 Å². The van der Waals surface area contributed by atoms with Crippen molar-refractivity contribution < 1.29 is 9.59 Å². The van der Waals surface area contributed by atoms with Crippen molar-refractivity contribution in [1.82, 2.24) is 24.6 Å². The van der Waals surface area contributed by atoms with Crippen molar-refractivity contribution in [3.05, 3.63) is 42.5 Å². The Morgan fingerprint density at radius 1 is 1.18 bits per heavy atom. The van der Waals surface area contributed by atoms with E-state index in [0.717, 1.165) is 38.0 Å². The highest BCUT2D eigenvalue weighted by Crippen LogP contribution is 2.42. The Morgan fingerprint density at radius 3 is 2.82 bits per heavy atom. The molecule has 28 heavy (non-hydrogen) atoms. The number of likely N-dealkylation sites (tertiary alicyclic amines) is 2. The fourth-order valence-corrected chi connectivity index (χ4v) is 4.72. The number of carbonyl (C=O) groups excluding carboxylic acids is 2. The Morgan fingerprint density at radius 2 is 2.04 bits per heavy atom. The van der Waals surface area contributed by atoms with Gasteiger partial charge in [-0.1, -0.05) is 12.1 Å². The molecule has 0 unspecified atom stereocenters. The predicted molar refractivity (Wildman–Crippen MR) is 103 cm³/mol. The number of carbonyl (C=O) groups is 2. The predicted octanol–water partition coefficient (Wildman–Crippen LogP) is 2.13. The van der Waals surface area contributed by atoms with E-state index in [1.54, 1.807) is 11.0 Å². The van der Waals surface area contributed by atoms with E-state index >= 15 is 0 Å². The third-order valence-electron chi connectivity index (χ3n) is 6.44. The van der Waals surface area contributed by atoms with Crippen LogP contribution in [0.4, 0.5) is 0 Å². The van der Waals surface area contributed by atoms with Crippen LogP contribution >= 0.6 is 0 Å². The lowest BCUT2D eigenvalue weighted by molar-refractivity contribution is -0.145. The first-order valence-electron chi connectivity index (χ1n) is 10.2. The molecule has 3 heterocycles. The van der Waals surface area contributed by atoms with E-state index in [-0.39, 0.29) is 17.2 Å². The summed E-state index contributed by atoms with van der Waals surface area (Å²) in [6.07, 6.45) is 8.25. The van der Waals surface area contributed by atoms with Crippen LogP contribution in [0.3, 0.4) is 0 Å². The first-order valence-corrected chi connectivity index (χ1v) is 10.2. The number of aromatic nitrogens is 3. The van der Waals surface area contributed by atoms with Crippen LogP contribution in [0.1, 0.15) is 42.5 Å². The van der Waals surface area contributed by atoms with Gasteiger partial charge in [0, 0.05) is 26.2 Å². The van der Waals surface area contributed by atoms with E-state index < -0.39 is 0 Å². The van der Waals surface area contributed by atoms with Gasteiger partial charge in [-0.2, -0.15) is 5.10 Å². The molecule has 0 N–H and O–H groups in total. The van der Waals surface area contributed by atoms with E-state index in [1.807, 2.05) is 29.2 Å². The number of hydrogen-bond acceptors (Lipinski definition) is 4.